The summed E-state index contributed by atoms with van der Waals surface area (Å²) < 4.78 is 4.92. The fourth-order valence-corrected chi connectivity index (χ4v) is 0.781. The number of hydrogen-bond acceptors (Lipinski definition) is 2. The number of ether oxygens (including phenoxy) is 1. The molecule has 3 nitrogen and oxygen atoms in total. The Labute approximate surface area is 71.4 Å². The third kappa shape index (κ3) is 2.72. The van der Waals surface area contributed by atoms with Crippen LogP contribution in [-0.4, -0.2) is 19.6 Å². The van der Waals surface area contributed by atoms with E-state index in [0.29, 0.717) is 5.75 Å². The fraction of sp³-hybridized carbons (Fsp3) is 0.222. The van der Waals surface area contributed by atoms with Gasteiger partial charge in [-0.2, -0.15) is 0 Å². The molecule has 0 unspecified atom stereocenters. The van der Waals surface area contributed by atoms with Crippen LogP contribution in [0.1, 0.15) is 0 Å². The molecule has 3 heteroatoms. The van der Waals surface area contributed by atoms with Gasteiger partial charge >= 0.3 is 5.97 Å². The lowest BCUT2D eigenvalue weighted by Crippen LogP contribution is -2.18. The van der Waals surface area contributed by atoms with Gasteiger partial charge in [-0.1, -0.05) is 18.2 Å². The van der Waals surface area contributed by atoms with Crippen molar-refractivity contribution in [2.75, 3.05) is 13.6 Å². The van der Waals surface area contributed by atoms with Crippen LogP contribution in [0.5, 0.6) is 5.75 Å². The van der Waals surface area contributed by atoms with E-state index in [9.17, 15) is 4.79 Å². The molecule has 1 aromatic rings. The summed E-state index contributed by atoms with van der Waals surface area (Å²) in [4.78, 5) is 10.9. The lowest BCUT2D eigenvalue weighted by Gasteiger charge is -2.01. The van der Waals surface area contributed by atoms with E-state index in [1.807, 2.05) is 18.2 Å². The topological polar surface area (TPSA) is 40.4 Å². The zero-order chi connectivity index (χ0) is 8.81. The van der Waals surface area contributed by atoms with Crippen molar-refractivity contribution in [1.29, 1.82) is 0 Å². The van der Waals surface area contributed by atoms with Crippen molar-refractivity contribution in [1.82, 2.24) is 5.32 Å². The molecular formula is C9H10NO2. The molecule has 0 spiro atoms. The molecule has 1 aromatic carbocycles. The molecule has 0 aromatic heterocycles. The second kappa shape index (κ2) is 4.51. The van der Waals surface area contributed by atoms with Crippen molar-refractivity contribution in [3.63, 3.8) is 0 Å². The number of benzene rings is 1. The van der Waals surface area contributed by atoms with Gasteiger partial charge in [0.2, 0.25) is 0 Å². The van der Waals surface area contributed by atoms with E-state index in [4.69, 9.17) is 4.74 Å². The van der Waals surface area contributed by atoms with Gasteiger partial charge in [-0.3, -0.25) is 4.79 Å². The molecule has 0 bridgehead atoms. The van der Waals surface area contributed by atoms with Gasteiger partial charge in [-0.25, -0.2) is 5.32 Å². The molecular weight excluding hydrogens is 154 g/mol. The van der Waals surface area contributed by atoms with E-state index in [1.165, 1.54) is 0 Å². The van der Waals surface area contributed by atoms with Crippen LogP contribution in [0.4, 0.5) is 0 Å². The number of carbonyl (C=O) groups is 1. The molecule has 0 saturated heterocycles. The van der Waals surface area contributed by atoms with Crippen molar-refractivity contribution in [2.24, 2.45) is 0 Å². The molecule has 0 heterocycles. The average Bonchev–Trinajstić information content (AvgIpc) is 2.06. The van der Waals surface area contributed by atoms with E-state index in [1.54, 1.807) is 19.2 Å². The van der Waals surface area contributed by atoms with Gasteiger partial charge in [-0.05, 0) is 12.1 Å². The van der Waals surface area contributed by atoms with Gasteiger partial charge in [0.15, 0.2) is 0 Å². The van der Waals surface area contributed by atoms with Crippen LogP contribution in [0, 0.1) is 0 Å². The van der Waals surface area contributed by atoms with E-state index in [-0.39, 0.29) is 12.5 Å². The smallest absolute Gasteiger partial charge is 0.326 e. The van der Waals surface area contributed by atoms with E-state index >= 15 is 0 Å². The Morgan fingerprint density at radius 3 is 2.67 bits per heavy atom. The van der Waals surface area contributed by atoms with E-state index in [2.05, 4.69) is 5.32 Å². The zero-order valence-electron chi connectivity index (χ0n) is 6.86. The van der Waals surface area contributed by atoms with Gasteiger partial charge in [0.05, 0.1) is 0 Å². The number of likely N-dealkylation sites (N-methyl/N-ethyl adjacent to an activating group) is 1. The summed E-state index contributed by atoms with van der Waals surface area (Å²) in [5.74, 6) is 0.231. The number of rotatable bonds is 3. The van der Waals surface area contributed by atoms with Crippen LogP contribution in [0.2, 0.25) is 0 Å². The molecule has 0 atom stereocenters. The minimum Gasteiger partial charge on any atom is -0.426 e. The molecule has 0 saturated carbocycles. The number of nitrogens with zero attached hydrogens (tertiary/aromatic N) is 1. The third-order valence-electron chi connectivity index (χ3n) is 1.26. The molecule has 0 aliphatic heterocycles. The normalized spacial score (nSPS) is 9.42. The van der Waals surface area contributed by atoms with E-state index in [0.717, 1.165) is 0 Å². The predicted molar refractivity (Wildman–Crippen MR) is 45.0 cm³/mol. The summed E-state index contributed by atoms with van der Waals surface area (Å²) in [6.45, 7) is 0.106. The number of esters is 1. The van der Waals surface area contributed by atoms with Crippen LogP contribution in [-0.2, 0) is 4.79 Å². The SMILES string of the molecule is C[N]CC(=O)Oc1ccccc1. The van der Waals surface area contributed by atoms with Crippen LogP contribution in [0.15, 0.2) is 30.3 Å². The molecule has 0 fully saturated rings. The fourth-order valence-electron chi connectivity index (χ4n) is 0.781. The Balaban J connectivity index is 2.47. The molecule has 0 aliphatic rings. The Morgan fingerprint density at radius 2 is 2.08 bits per heavy atom. The minimum atomic E-state index is -0.330. The van der Waals surface area contributed by atoms with Crippen molar-refractivity contribution in [3.05, 3.63) is 30.3 Å². The summed E-state index contributed by atoms with van der Waals surface area (Å²) in [5.41, 5.74) is 0. The van der Waals surface area contributed by atoms with Gasteiger partial charge < -0.3 is 4.74 Å². The van der Waals surface area contributed by atoms with Crippen LogP contribution < -0.4 is 10.1 Å². The lowest BCUT2D eigenvalue weighted by atomic mass is 10.3. The summed E-state index contributed by atoms with van der Waals surface area (Å²) in [6.07, 6.45) is 0. The number of hydrogen-bond donors (Lipinski definition) is 0. The predicted octanol–water partition coefficient (Wildman–Crippen LogP) is 0.826. The molecule has 63 valence electrons. The summed E-state index contributed by atoms with van der Waals surface area (Å²) in [5, 5.41) is 3.66. The first kappa shape index (κ1) is 8.74. The van der Waals surface area contributed by atoms with Crippen LogP contribution in [0.25, 0.3) is 0 Å². The Morgan fingerprint density at radius 1 is 1.42 bits per heavy atom. The zero-order valence-corrected chi connectivity index (χ0v) is 6.86. The van der Waals surface area contributed by atoms with Gasteiger partial charge in [0.1, 0.15) is 12.3 Å². The first-order chi connectivity index (χ1) is 5.83. The monoisotopic (exact) mass is 164 g/mol. The highest BCUT2D eigenvalue weighted by molar-refractivity contribution is 5.74. The van der Waals surface area contributed by atoms with Crippen LogP contribution in [0.3, 0.4) is 0 Å². The third-order valence-corrected chi connectivity index (χ3v) is 1.26. The second-order valence-electron chi connectivity index (χ2n) is 2.26. The van der Waals surface area contributed by atoms with Crippen LogP contribution >= 0.6 is 0 Å². The average molecular weight is 164 g/mol. The Bertz CT molecular complexity index is 246. The van der Waals surface area contributed by atoms with Crippen molar-refractivity contribution >= 4 is 5.97 Å². The minimum absolute atomic E-state index is 0.106. The molecule has 1 radical (unpaired) electrons. The highest BCUT2D eigenvalue weighted by Crippen LogP contribution is 2.07. The van der Waals surface area contributed by atoms with Crippen molar-refractivity contribution in [3.8, 4) is 5.75 Å². The van der Waals surface area contributed by atoms with Gasteiger partial charge in [-0.15, -0.1) is 0 Å². The first-order valence-electron chi connectivity index (χ1n) is 3.64. The quantitative estimate of drug-likeness (QED) is 0.490. The maximum absolute atomic E-state index is 10.9. The Kier molecular flexibility index (Phi) is 3.29. The highest BCUT2D eigenvalue weighted by atomic mass is 16.5. The molecule has 0 amide bonds. The lowest BCUT2D eigenvalue weighted by molar-refractivity contribution is -0.133. The summed E-state index contributed by atoms with van der Waals surface area (Å²) in [6, 6.07) is 8.94. The molecule has 0 aliphatic carbocycles. The Hall–Kier alpha value is -1.35. The van der Waals surface area contributed by atoms with Crippen molar-refractivity contribution in [2.45, 2.75) is 0 Å². The largest absolute Gasteiger partial charge is 0.426 e. The maximum Gasteiger partial charge on any atom is 0.326 e. The summed E-state index contributed by atoms with van der Waals surface area (Å²) in [7, 11) is 1.58. The highest BCUT2D eigenvalue weighted by Gasteiger charge is 2.01. The first-order valence-corrected chi connectivity index (χ1v) is 3.64. The summed E-state index contributed by atoms with van der Waals surface area (Å²) >= 11 is 0. The van der Waals surface area contributed by atoms with Crippen molar-refractivity contribution < 1.29 is 9.53 Å². The number of carbonyl (C=O) groups excluding carboxylic acids is 1. The molecule has 12 heavy (non-hydrogen) atoms. The maximum atomic E-state index is 10.9. The van der Waals surface area contributed by atoms with Gasteiger partial charge in [0, 0.05) is 7.05 Å². The van der Waals surface area contributed by atoms with E-state index < -0.39 is 0 Å². The van der Waals surface area contributed by atoms with Gasteiger partial charge in [0.25, 0.3) is 0 Å². The second-order valence-corrected chi connectivity index (χ2v) is 2.26. The molecule has 0 N–H and O–H groups in total. The standard InChI is InChI=1S/C9H10NO2/c1-10-7-9(11)12-8-5-3-2-4-6-8/h2-6H,7H2,1H3. The molecule has 1 rings (SSSR count). The number of para-hydroxylation sites is 1.